The van der Waals surface area contributed by atoms with Crippen LogP contribution in [0.1, 0.15) is 19.8 Å². The molecule has 0 aromatic carbocycles. The number of rotatable bonds is 3. The molecule has 0 saturated carbocycles. The highest BCUT2D eigenvalue weighted by atomic mass is 16.5. The molecule has 1 saturated heterocycles. The van der Waals surface area contributed by atoms with Gasteiger partial charge in [-0.05, 0) is 13.3 Å². The summed E-state index contributed by atoms with van der Waals surface area (Å²) in [6, 6.07) is 0. The Kier molecular flexibility index (Phi) is 2.65. The van der Waals surface area contributed by atoms with Crippen LogP contribution in [0.25, 0.3) is 0 Å². The number of ether oxygens (including phenoxy) is 2. The highest BCUT2D eigenvalue weighted by Crippen LogP contribution is 2.15. The molecule has 0 N–H and O–H groups in total. The van der Waals surface area contributed by atoms with Crippen molar-refractivity contribution in [3.05, 3.63) is 12.3 Å². The molecule has 1 fully saturated rings. The van der Waals surface area contributed by atoms with Crippen molar-refractivity contribution in [2.24, 2.45) is 0 Å². The third-order valence-corrected chi connectivity index (χ3v) is 1.48. The van der Waals surface area contributed by atoms with Gasteiger partial charge in [-0.2, -0.15) is 0 Å². The zero-order valence-electron chi connectivity index (χ0n) is 6.63. The summed E-state index contributed by atoms with van der Waals surface area (Å²) in [4.78, 5) is 10.9. The molecule has 62 valence electrons. The maximum atomic E-state index is 10.9. The first-order valence-corrected chi connectivity index (χ1v) is 3.66. The third-order valence-electron chi connectivity index (χ3n) is 1.48. The van der Waals surface area contributed by atoms with Crippen molar-refractivity contribution in [2.45, 2.75) is 25.9 Å². The van der Waals surface area contributed by atoms with Gasteiger partial charge in [0.05, 0.1) is 18.3 Å². The Bertz CT molecular complexity index is 170. The van der Waals surface area contributed by atoms with Crippen molar-refractivity contribution in [3.63, 3.8) is 0 Å². The third kappa shape index (κ3) is 2.72. The molecule has 1 unspecified atom stereocenters. The lowest BCUT2D eigenvalue weighted by molar-refractivity contribution is -0.147. The van der Waals surface area contributed by atoms with E-state index in [2.05, 4.69) is 6.58 Å². The van der Waals surface area contributed by atoms with Gasteiger partial charge in [-0.1, -0.05) is 6.58 Å². The van der Waals surface area contributed by atoms with Gasteiger partial charge in [-0.25, -0.2) is 0 Å². The number of carbonyl (C=O) groups excluding carboxylic acids is 1. The van der Waals surface area contributed by atoms with Gasteiger partial charge in [-0.3, -0.25) is 4.79 Å². The fourth-order valence-corrected chi connectivity index (χ4v) is 0.867. The Morgan fingerprint density at radius 2 is 2.45 bits per heavy atom. The number of allylic oxidation sites excluding steroid dienone is 1. The van der Waals surface area contributed by atoms with Crippen LogP contribution in [0, 0.1) is 0 Å². The molecule has 1 heterocycles. The lowest BCUT2D eigenvalue weighted by Crippen LogP contribution is -2.29. The van der Waals surface area contributed by atoms with Gasteiger partial charge >= 0.3 is 5.97 Å². The van der Waals surface area contributed by atoms with Crippen LogP contribution in [0.4, 0.5) is 0 Å². The maximum absolute atomic E-state index is 10.9. The zero-order valence-corrected chi connectivity index (χ0v) is 6.63. The van der Waals surface area contributed by atoms with Gasteiger partial charge in [-0.15, -0.1) is 0 Å². The predicted molar refractivity (Wildman–Crippen MR) is 39.9 cm³/mol. The van der Waals surface area contributed by atoms with Crippen molar-refractivity contribution in [1.82, 2.24) is 0 Å². The van der Waals surface area contributed by atoms with Crippen LogP contribution in [-0.2, 0) is 14.3 Å². The van der Waals surface area contributed by atoms with Gasteiger partial charge < -0.3 is 9.47 Å². The molecule has 0 radical (unpaired) electrons. The Labute approximate surface area is 66.0 Å². The minimum atomic E-state index is -0.248. The van der Waals surface area contributed by atoms with Crippen LogP contribution >= 0.6 is 0 Å². The van der Waals surface area contributed by atoms with Crippen molar-refractivity contribution in [2.75, 3.05) is 6.61 Å². The summed E-state index contributed by atoms with van der Waals surface area (Å²) in [5.41, 5.74) is 0. The zero-order chi connectivity index (χ0) is 8.27. The van der Waals surface area contributed by atoms with Crippen LogP contribution in [0.15, 0.2) is 12.3 Å². The molecule has 3 nitrogen and oxygen atoms in total. The molecule has 1 atom stereocenters. The van der Waals surface area contributed by atoms with Crippen LogP contribution in [0.3, 0.4) is 0 Å². The normalized spacial score (nSPS) is 22.1. The predicted octanol–water partition coefficient (Wildman–Crippen LogP) is 1.24. The quantitative estimate of drug-likeness (QED) is 0.455. The van der Waals surface area contributed by atoms with E-state index in [-0.39, 0.29) is 12.1 Å². The second-order valence-electron chi connectivity index (χ2n) is 2.66. The summed E-state index contributed by atoms with van der Waals surface area (Å²) in [5.74, 6) is 0.191. The Hall–Kier alpha value is -0.830. The van der Waals surface area contributed by atoms with Gasteiger partial charge in [0.2, 0.25) is 0 Å². The van der Waals surface area contributed by atoms with Gasteiger partial charge in [0.25, 0.3) is 0 Å². The SMILES string of the molecule is C=C(C)OC(=O)CC1CCO1. The fourth-order valence-electron chi connectivity index (χ4n) is 0.867. The largest absolute Gasteiger partial charge is 0.432 e. The van der Waals surface area contributed by atoms with Gasteiger partial charge in [0.15, 0.2) is 0 Å². The molecule has 1 aliphatic rings. The highest BCUT2D eigenvalue weighted by Gasteiger charge is 2.22. The number of esters is 1. The summed E-state index contributed by atoms with van der Waals surface area (Å²) >= 11 is 0. The van der Waals surface area contributed by atoms with E-state index in [9.17, 15) is 4.79 Å². The van der Waals surface area contributed by atoms with E-state index in [1.54, 1.807) is 6.92 Å². The molecule has 0 spiro atoms. The lowest BCUT2D eigenvalue weighted by atomic mass is 10.1. The van der Waals surface area contributed by atoms with E-state index in [1.165, 1.54) is 0 Å². The van der Waals surface area contributed by atoms with Crippen LogP contribution < -0.4 is 0 Å². The fraction of sp³-hybridized carbons (Fsp3) is 0.625. The summed E-state index contributed by atoms with van der Waals surface area (Å²) < 4.78 is 9.80. The standard InChI is InChI=1S/C8H12O3/c1-6(2)11-8(9)5-7-3-4-10-7/h7H,1,3-5H2,2H3. The van der Waals surface area contributed by atoms with E-state index in [0.29, 0.717) is 12.2 Å². The van der Waals surface area contributed by atoms with E-state index in [1.807, 2.05) is 0 Å². The second kappa shape index (κ2) is 3.53. The minimum Gasteiger partial charge on any atom is -0.432 e. The molecular formula is C8H12O3. The number of hydrogen-bond acceptors (Lipinski definition) is 3. The molecule has 1 rings (SSSR count). The molecule has 11 heavy (non-hydrogen) atoms. The van der Waals surface area contributed by atoms with Crippen molar-refractivity contribution in [1.29, 1.82) is 0 Å². The molecule has 0 bridgehead atoms. The van der Waals surface area contributed by atoms with E-state index < -0.39 is 0 Å². The van der Waals surface area contributed by atoms with Gasteiger partial charge in [0, 0.05) is 6.61 Å². The Morgan fingerprint density at radius 1 is 1.82 bits per heavy atom. The van der Waals surface area contributed by atoms with E-state index in [4.69, 9.17) is 9.47 Å². The first kappa shape index (κ1) is 8.27. The van der Waals surface area contributed by atoms with Crippen molar-refractivity contribution < 1.29 is 14.3 Å². The Balaban J connectivity index is 2.14. The molecule has 1 aliphatic heterocycles. The topological polar surface area (TPSA) is 35.5 Å². The second-order valence-corrected chi connectivity index (χ2v) is 2.66. The van der Waals surface area contributed by atoms with Crippen molar-refractivity contribution in [3.8, 4) is 0 Å². The van der Waals surface area contributed by atoms with Crippen molar-refractivity contribution >= 4 is 5.97 Å². The highest BCUT2D eigenvalue weighted by molar-refractivity contribution is 5.71. The summed E-state index contributed by atoms with van der Waals surface area (Å²) in [6.45, 7) is 5.88. The van der Waals surface area contributed by atoms with Crippen LogP contribution in [0.2, 0.25) is 0 Å². The monoisotopic (exact) mass is 156 g/mol. The van der Waals surface area contributed by atoms with Gasteiger partial charge in [0.1, 0.15) is 0 Å². The molecule has 3 heteroatoms. The minimum absolute atomic E-state index is 0.0850. The number of hydrogen-bond donors (Lipinski definition) is 0. The van der Waals surface area contributed by atoms with Crippen LogP contribution in [0.5, 0.6) is 0 Å². The summed E-state index contributed by atoms with van der Waals surface area (Å²) in [7, 11) is 0. The molecular weight excluding hydrogens is 144 g/mol. The average molecular weight is 156 g/mol. The average Bonchev–Trinajstić information content (AvgIpc) is 1.77. The first-order chi connectivity index (χ1) is 5.18. The Morgan fingerprint density at radius 3 is 2.82 bits per heavy atom. The lowest BCUT2D eigenvalue weighted by Gasteiger charge is -2.25. The molecule has 0 aromatic heterocycles. The maximum Gasteiger partial charge on any atom is 0.313 e. The smallest absolute Gasteiger partial charge is 0.313 e. The van der Waals surface area contributed by atoms with E-state index in [0.717, 1.165) is 13.0 Å². The van der Waals surface area contributed by atoms with Crippen LogP contribution in [-0.4, -0.2) is 18.7 Å². The van der Waals surface area contributed by atoms with E-state index >= 15 is 0 Å². The molecule has 0 aromatic rings. The molecule has 0 aliphatic carbocycles. The number of carbonyl (C=O) groups is 1. The first-order valence-electron chi connectivity index (χ1n) is 3.66. The summed E-state index contributed by atoms with van der Waals surface area (Å²) in [5, 5.41) is 0. The molecule has 0 amide bonds. The summed E-state index contributed by atoms with van der Waals surface area (Å²) in [6.07, 6.45) is 1.40.